The van der Waals surface area contributed by atoms with Crippen LogP contribution in [0.5, 0.6) is 0 Å². The highest BCUT2D eigenvalue weighted by molar-refractivity contribution is 6.31. The molecule has 114 valence electrons. The van der Waals surface area contributed by atoms with Crippen LogP contribution in [0.1, 0.15) is 11.4 Å². The molecule has 0 fully saturated rings. The second-order valence-corrected chi connectivity index (χ2v) is 6.00. The van der Waals surface area contributed by atoms with E-state index >= 15 is 0 Å². The third-order valence-corrected chi connectivity index (χ3v) is 4.03. The summed E-state index contributed by atoms with van der Waals surface area (Å²) >= 11 is 6.29. The lowest BCUT2D eigenvalue weighted by Crippen LogP contribution is -2.20. The van der Waals surface area contributed by atoms with Gasteiger partial charge < -0.3 is 9.47 Å². The zero-order chi connectivity index (χ0) is 15.5. The summed E-state index contributed by atoms with van der Waals surface area (Å²) in [4.78, 5) is 11.4. The van der Waals surface area contributed by atoms with Gasteiger partial charge in [0.25, 0.3) is 0 Å². The molecule has 0 N–H and O–H groups in total. The Morgan fingerprint density at radius 1 is 1.14 bits per heavy atom. The predicted molar refractivity (Wildman–Crippen MR) is 90.3 cm³/mol. The van der Waals surface area contributed by atoms with Gasteiger partial charge in [0.2, 0.25) is 0 Å². The molecule has 2 heterocycles. The van der Waals surface area contributed by atoms with Crippen LogP contribution < -0.4 is 0 Å². The van der Waals surface area contributed by atoms with Crippen molar-refractivity contribution in [3.63, 3.8) is 0 Å². The van der Waals surface area contributed by atoms with E-state index < -0.39 is 0 Å². The second kappa shape index (κ2) is 6.46. The summed E-state index contributed by atoms with van der Waals surface area (Å²) in [7, 11) is 4.14. The van der Waals surface area contributed by atoms with Gasteiger partial charge in [0.15, 0.2) is 5.65 Å². The van der Waals surface area contributed by atoms with Crippen molar-refractivity contribution >= 4 is 22.8 Å². The Balaban J connectivity index is 2.00. The van der Waals surface area contributed by atoms with Crippen molar-refractivity contribution in [2.24, 2.45) is 0 Å². The van der Waals surface area contributed by atoms with E-state index in [4.69, 9.17) is 16.6 Å². The zero-order valence-electron chi connectivity index (χ0n) is 12.8. The number of pyridine rings is 1. The third-order valence-electron chi connectivity index (χ3n) is 3.66. The molecule has 0 aliphatic heterocycles. The number of fused-ring (bicyclic) bond motifs is 1. The minimum Gasteiger partial charge on any atom is -0.311 e. The van der Waals surface area contributed by atoms with Crippen LogP contribution in [0.15, 0.2) is 42.6 Å². The van der Waals surface area contributed by atoms with Gasteiger partial charge in [-0.3, -0.25) is 0 Å². The van der Waals surface area contributed by atoms with Crippen LogP contribution in [0.25, 0.3) is 11.2 Å². The number of hydrogen-bond donors (Lipinski definition) is 0. The lowest BCUT2D eigenvalue weighted by Gasteiger charge is -2.13. The van der Waals surface area contributed by atoms with Crippen molar-refractivity contribution in [2.75, 3.05) is 20.6 Å². The Kier molecular flexibility index (Phi) is 4.41. The molecule has 22 heavy (non-hydrogen) atoms. The highest BCUT2D eigenvalue weighted by Gasteiger charge is 2.13. The van der Waals surface area contributed by atoms with Crippen LogP contribution in [0.3, 0.4) is 0 Å². The number of aromatic nitrogens is 3. The number of benzene rings is 1. The highest BCUT2D eigenvalue weighted by Crippen LogP contribution is 2.21. The summed E-state index contributed by atoms with van der Waals surface area (Å²) in [6.07, 6.45) is 2.53. The maximum Gasteiger partial charge on any atom is 0.160 e. The standard InChI is InChI=1S/C17H19ClN4/c1-21(2)10-11-22-16(12-13-6-3-4-7-14(13)18)20-15-8-5-9-19-17(15)22/h3-9H,10-12H2,1-2H3. The average Bonchev–Trinajstić information content (AvgIpc) is 2.85. The van der Waals surface area contributed by atoms with Gasteiger partial charge in [0.1, 0.15) is 11.3 Å². The predicted octanol–water partition coefficient (Wildman–Crippen LogP) is 3.24. The van der Waals surface area contributed by atoms with E-state index in [1.807, 2.05) is 42.6 Å². The van der Waals surface area contributed by atoms with Crippen LogP contribution in [0.2, 0.25) is 5.02 Å². The molecule has 2 aromatic heterocycles. The number of rotatable bonds is 5. The fraction of sp³-hybridized carbons (Fsp3) is 0.294. The fourth-order valence-corrected chi connectivity index (χ4v) is 2.69. The van der Waals surface area contributed by atoms with Gasteiger partial charge in [-0.2, -0.15) is 0 Å². The zero-order valence-corrected chi connectivity index (χ0v) is 13.6. The molecule has 0 bridgehead atoms. The molecule has 3 rings (SSSR count). The van der Waals surface area contributed by atoms with E-state index in [0.717, 1.165) is 40.7 Å². The Labute approximate surface area is 135 Å². The van der Waals surface area contributed by atoms with Gasteiger partial charge in [-0.25, -0.2) is 9.97 Å². The van der Waals surface area contributed by atoms with Crippen molar-refractivity contribution in [1.82, 2.24) is 19.4 Å². The molecule has 0 saturated heterocycles. The van der Waals surface area contributed by atoms with Crippen molar-refractivity contribution in [1.29, 1.82) is 0 Å². The summed E-state index contributed by atoms with van der Waals surface area (Å²) in [5, 5.41) is 0.779. The Hall–Kier alpha value is -1.91. The smallest absolute Gasteiger partial charge is 0.160 e. The molecule has 0 unspecified atom stereocenters. The highest BCUT2D eigenvalue weighted by atomic mass is 35.5. The summed E-state index contributed by atoms with van der Waals surface area (Å²) in [6, 6.07) is 11.8. The first-order valence-corrected chi connectivity index (χ1v) is 7.71. The lowest BCUT2D eigenvalue weighted by atomic mass is 10.1. The molecular formula is C17H19ClN4. The maximum absolute atomic E-state index is 6.29. The summed E-state index contributed by atoms with van der Waals surface area (Å²) in [5.74, 6) is 1.00. The van der Waals surface area contributed by atoms with Crippen LogP contribution in [0, 0.1) is 0 Å². The molecule has 3 aromatic rings. The first-order valence-electron chi connectivity index (χ1n) is 7.33. The molecule has 1 aromatic carbocycles. The fourth-order valence-electron chi connectivity index (χ4n) is 2.49. The minimum absolute atomic E-state index is 0.712. The molecular weight excluding hydrogens is 296 g/mol. The molecule has 0 radical (unpaired) electrons. The van der Waals surface area contributed by atoms with Gasteiger partial charge in [-0.15, -0.1) is 0 Å². The van der Waals surface area contributed by atoms with Crippen molar-refractivity contribution in [2.45, 2.75) is 13.0 Å². The van der Waals surface area contributed by atoms with Crippen LogP contribution >= 0.6 is 11.6 Å². The number of likely N-dealkylation sites (N-methyl/N-ethyl adjacent to an activating group) is 1. The summed E-state index contributed by atoms with van der Waals surface area (Å²) < 4.78 is 2.19. The minimum atomic E-state index is 0.712. The molecule has 0 atom stereocenters. The van der Waals surface area contributed by atoms with Gasteiger partial charge >= 0.3 is 0 Å². The van der Waals surface area contributed by atoms with Crippen molar-refractivity contribution < 1.29 is 0 Å². The Morgan fingerprint density at radius 3 is 2.73 bits per heavy atom. The van der Waals surface area contributed by atoms with E-state index in [2.05, 4.69) is 28.5 Å². The monoisotopic (exact) mass is 314 g/mol. The lowest BCUT2D eigenvalue weighted by molar-refractivity contribution is 0.383. The molecule has 4 nitrogen and oxygen atoms in total. The summed E-state index contributed by atoms with van der Waals surface area (Å²) in [6.45, 7) is 1.80. The van der Waals surface area contributed by atoms with Gasteiger partial charge in [0, 0.05) is 30.7 Å². The number of nitrogens with zero attached hydrogens (tertiary/aromatic N) is 4. The molecule has 5 heteroatoms. The first kappa shape index (κ1) is 15.0. The summed E-state index contributed by atoms with van der Waals surface area (Å²) in [5.41, 5.74) is 2.96. The van der Waals surface area contributed by atoms with Crippen molar-refractivity contribution in [3.8, 4) is 0 Å². The number of halogens is 1. The third kappa shape index (κ3) is 3.13. The maximum atomic E-state index is 6.29. The number of hydrogen-bond acceptors (Lipinski definition) is 3. The molecule has 0 aliphatic carbocycles. The largest absolute Gasteiger partial charge is 0.311 e. The topological polar surface area (TPSA) is 34.0 Å². The molecule has 0 aliphatic rings. The van der Waals surface area contributed by atoms with Gasteiger partial charge in [-0.05, 0) is 37.9 Å². The average molecular weight is 315 g/mol. The van der Waals surface area contributed by atoms with Crippen LogP contribution in [-0.4, -0.2) is 40.1 Å². The molecule has 0 spiro atoms. The normalized spacial score (nSPS) is 11.5. The molecule has 0 saturated carbocycles. The van der Waals surface area contributed by atoms with E-state index in [1.165, 1.54) is 0 Å². The van der Waals surface area contributed by atoms with E-state index in [-0.39, 0.29) is 0 Å². The van der Waals surface area contributed by atoms with Gasteiger partial charge in [0.05, 0.1) is 0 Å². The number of imidazole rings is 1. The van der Waals surface area contributed by atoms with Crippen molar-refractivity contribution in [3.05, 3.63) is 59.0 Å². The molecule has 0 amide bonds. The first-order chi connectivity index (χ1) is 10.6. The van der Waals surface area contributed by atoms with E-state index in [0.29, 0.717) is 6.42 Å². The van der Waals surface area contributed by atoms with Crippen LogP contribution in [0.4, 0.5) is 0 Å². The Bertz CT molecular complexity index is 779. The van der Waals surface area contributed by atoms with Crippen LogP contribution in [-0.2, 0) is 13.0 Å². The quantitative estimate of drug-likeness (QED) is 0.725. The second-order valence-electron chi connectivity index (χ2n) is 5.60. The van der Waals surface area contributed by atoms with E-state index in [1.54, 1.807) is 0 Å². The SMILES string of the molecule is CN(C)CCn1c(Cc2ccccc2Cl)nc2cccnc21. The van der Waals surface area contributed by atoms with Gasteiger partial charge in [-0.1, -0.05) is 29.8 Å². The Morgan fingerprint density at radius 2 is 1.95 bits per heavy atom. The van der Waals surface area contributed by atoms with E-state index in [9.17, 15) is 0 Å².